The molecule has 2 aromatic carbocycles. The maximum Gasteiger partial charge on any atom is 0.409 e. The van der Waals surface area contributed by atoms with Crippen molar-refractivity contribution in [1.82, 2.24) is 14.7 Å². The zero-order valence-corrected chi connectivity index (χ0v) is 23.0. The highest BCUT2D eigenvalue weighted by atomic mass is 32.1. The molecule has 1 spiro atoms. The minimum Gasteiger partial charge on any atom is -0.450 e. The molecule has 2 amide bonds. The van der Waals surface area contributed by atoms with Crippen molar-refractivity contribution >= 4 is 33.4 Å². The Labute approximate surface area is 229 Å². The standard InChI is InChI=1S/C31H37N3O3S/c1-2-37-30(36)33-15-11-23(12-16-33)20-32-17-13-31(14-18-32)22-34(21-25-8-3-5-9-26(25)31)29(35)28-19-24-7-4-6-10-27(24)38-28/h3-10,19,23H,2,11-18,20-22H2,1H3. The first kappa shape index (κ1) is 25.4. The number of carbonyl (C=O) groups excluding carboxylic acids is 2. The van der Waals surface area contributed by atoms with E-state index in [0.717, 1.165) is 75.2 Å². The van der Waals surface area contributed by atoms with Crippen LogP contribution < -0.4 is 0 Å². The van der Waals surface area contributed by atoms with E-state index < -0.39 is 0 Å². The van der Waals surface area contributed by atoms with Crippen molar-refractivity contribution in [3.05, 3.63) is 70.6 Å². The molecule has 0 N–H and O–H groups in total. The molecule has 0 radical (unpaired) electrons. The van der Waals surface area contributed by atoms with Crippen molar-refractivity contribution < 1.29 is 14.3 Å². The molecule has 0 aliphatic carbocycles. The summed E-state index contributed by atoms with van der Waals surface area (Å²) in [5, 5.41) is 1.15. The predicted molar refractivity (Wildman–Crippen MR) is 152 cm³/mol. The molecule has 0 saturated carbocycles. The molecule has 200 valence electrons. The lowest BCUT2D eigenvalue weighted by Crippen LogP contribution is -2.54. The van der Waals surface area contributed by atoms with Gasteiger partial charge in [0.05, 0.1) is 11.5 Å². The average molecular weight is 532 g/mol. The number of carbonyl (C=O) groups is 2. The molecule has 0 unspecified atom stereocenters. The lowest BCUT2D eigenvalue weighted by atomic mass is 9.68. The number of amides is 2. The summed E-state index contributed by atoms with van der Waals surface area (Å²) in [5.41, 5.74) is 2.76. The number of fused-ring (bicyclic) bond motifs is 3. The molecule has 6 nitrogen and oxygen atoms in total. The van der Waals surface area contributed by atoms with Gasteiger partial charge in [-0.1, -0.05) is 42.5 Å². The summed E-state index contributed by atoms with van der Waals surface area (Å²) in [6, 6.07) is 19.1. The highest BCUT2D eigenvalue weighted by Gasteiger charge is 2.43. The Bertz CT molecular complexity index is 1270. The molecule has 38 heavy (non-hydrogen) atoms. The third-order valence-corrected chi connectivity index (χ3v) is 9.94. The Morgan fingerprint density at radius 3 is 2.47 bits per heavy atom. The third kappa shape index (κ3) is 4.94. The minimum absolute atomic E-state index is 0.0188. The molecule has 3 aliphatic heterocycles. The fourth-order valence-corrected chi connectivity index (χ4v) is 7.77. The normalized spacial score (nSPS) is 20.0. The van der Waals surface area contributed by atoms with Gasteiger partial charge in [-0.3, -0.25) is 4.79 Å². The van der Waals surface area contributed by atoms with E-state index >= 15 is 0 Å². The van der Waals surface area contributed by atoms with Crippen LogP contribution in [0.2, 0.25) is 0 Å². The third-order valence-electron chi connectivity index (χ3n) is 8.84. The van der Waals surface area contributed by atoms with Crippen molar-refractivity contribution in [3.8, 4) is 0 Å². The SMILES string of the molecule is CCOC(=O)N1CCC(CN2CCC3(CC2)CN(C(=O)c2cc4ccccc4s2)Cc2ccccc23)CC1. The van der Waals surface area contributed by atoms with E-state index in [2.05, 4.69) is 52.3 Å². The number of hydrogen-bond donors (Lipinski definition) is 0. The maximum atomic E-state index is 13.7. The van der Waals surface area contributed by atoms with E-state index in [-0.39, 0.29) is 17.4 Å². The van der Waals surface area contributed by atoms with Crippen LogP contribution in [0.25, 0.3) is 10.1 Å². The zero-order chi connectivity index (χ0) is 26.1. The van der Waals surface area contributed by atoms with Gasteiger partial charge in [0, 0.05) is 42.8 Å². The summed E-state index contributed by atoms with van der Waals surface area (Å²) in [6.07, 6.45) is 4.06. The number of piperidine rings is 2. The number of nitrogens with zero attached hydrogens (tertiary/aromatic N) is 3. The number of thiophene rings is 1. The number of rotatable bonds is 4. The van der Waals surface area contributed by atoms with Crippen LogP contribution in [0.5, 0.6) is 0 Å². The lowest BCUT2D eigenvalue weighted by Gasteiger charge is -2.49. The first-order valence-corrected chi connectivity index (χ1v) is 14.9. The largest absolute Gasteiger partial charge is 0.450 e. The molecule has 7 heteroatoms. The van der Waals surface area contributed by atoms with Gasteiger partial charge in [0.25, 0.3) is 5.91 Å². The molecule has 4 heterocycles. The van der Waals surface area contributed by atoms with E-state index in [1.807, 2.05) is 24.0 Å². The quantitative estimate of drug-likeness (QED) is 0.430. The van der Waals surface area contributed by atoms with E-state index in [1.165, 1.54) is 15.8 Å². The highest BCUT2D eigenvalue weighted by molar-refractivity contribution is 7.20. The summed E-state index contributed by atoms with van der Waals surface area (Å²) in [5.74, 6) is 0.787. The van der Waals surface area contributed by atoms with Gasteiger partial charge in [-0.25, -0.2) is 4.79 Å². The summed E-state index contributed by atoms with van der Waals surface area (Å²) in [4.78, 5) is 33.2. The molecule has 1 aromatic heterocycles. The van der Waals surface area contributed by atoms with Crippen LogP contribution >= 0.6 is 11.3 Å². The summed E-state index contributed by atoms with van der Waals surface area (Å²) in [6.45, 7) is 8.57. The fraction of sp³-hybridized carbons (Fsp3) is 0.484. The van der Waals surface area contributed by atoms with Crippen molar-refractivity contribution in [2.45, 2.75) is 44.6 Å². The van der Waals surface area contributed by atoms with Gasteiger partial charge >= 0.3 is 6.09 Å². The van der Waals surface area contributed by atoms with Crippen LogP contribution in [0, 0.1) is 5.92 Å². The topological polar surface area (TPSA) is 53.1 Å². The summed E-state index contributed by atoms with van der Waals surface area (Å²) >= 11 is 1.61. The average Bonchev–Trinajstić information content (AvgIpc) is 3.39. The molecule has 2 saturated heterocycles. The van der Waals surface area contributed by atoms with Crippen LogP contribution in [-0.2, 0) is 16.7 Å². The van der Waals surface area contributed by atoms with Crippen LogP contribution in [-0.4, -0.2) is 72.6 Å². The monoisotopic (exact) mass is 531 g/mol. The van der Waals surface area contributed by atoms with E-state index in [0.29, 0.717) is 19.1 Å². The van der Waals surface area contributed by atoms with Crippen LogP contribution in [0.4, 0.5) is 4.79 Å². The van der Waals surface area contributed by atoms with E-state index in [1.54, 1.807) is 11.3 Å². The second-order valence-electron chi connectivity index (χ2n) is 11.2. The molecular formula is C31H37N3O3S. The van der Waals surface area contributed by atoms with Crippen LogP contribution in [0.3, 0.4) is 0 Å². The smallest absolute Gasteiger partial charge is 0.409 e. The van der Waals surface area contributed by atoms with Crippen molar-refractivity contribution in [2.75, 3.05) is 45.9 Å². The van der Waals surface area contributed by atoms with Gasteiger partial charge in [0.2, 0.25) is 0 Å². The van der Waals surface area contributed by atoms with Gasteiger partial charge in [-0.15, -0.1) is 11.3 Å². The Morgan fingerprint density at radius 1 is 0.974 bits per heavy atom. The van der Waals surface area contributed by atoms with Gasteiger partial charge in [0.15, 0.2) is 0 Å². The van der Waals surface area contributed by atoms with Crippen LogP contribution in [0.1, 0.15) is 53.4 Å². The second kappa shape index (κ2) is 10.7. The first-order chi connectivity index (χ1) is 18.5. The highest BCUT2D eigenvalue weighted by Crippen LogP contribution is 2.43. The summed E-state index contributed by atoms with van der Waals surface area (Å²) < 4.78 is 6.35. The molecule has 0 atom stereocenters. The lowest BCUT2D eigenvalue weighted by molar-refractivity contribution is 0.0538. The van der Waals surface area contributed by atoms with Crippen molar-refractivity contribution in [3.63, 3.8) is 0 Å². The number of ether oxygens (including phenoxy) is 1. The van der Waals surface area contributed by atoms with E-state index in [9.17, 15) is 9.59 Å². The fourth-order valence-electron chi connectivity index (χ4n) is 6.74. The zero-order valence-electron chi connectivity index (χ0n) is 22.2. The van der Waals surface area contributed by atoms with Gasteiger partial charge in [-0.05, 0) is 80.3 Å². The molecular weight excluding hydrogens is 494 g/mol. The molecule has 6 rings (SSSR count). The van der Waals surface area contributed by atoms with Gasteiger partial charge < -0.3 is 19.4 Å². The number of hydrogen-bond acceptors (Lipinski definition) is 5. The minimum atomic E-state index is -0.170. The Morgan fingerprint density at radius 2 is 1.71 bits per heavy atom. The molecule has 2 fully saturated rings. The maximum absolute atomic E-state index is 13.7. The van der Waals surface area contributed by atoms with E-state index in [4.69, 9.17) is 4.74 Å². The second-order valence-corrected chi connectivity index (χ2v) is 12.3. The van der Waals surface area contributed by atoms with Crippen molar-refractivity contribution in [1.29, 1.82) is 0 Å². The Hall–Kier alpha value is -2.90. The number of likely N-dealkylation sites (tertiary alicyclic amines) is 2. The molecule has 0 bridgehead atoms. The van der Waals surface area contributed by atoms with Crippen molar-refractivity contribution in [2.24, 2.45) is 5.92 Å². The number of benzene rings is 2. The van der Waals surface area contributed by atoms with Crippen LogP contribution in [0.15, 0.2) is 54.6 Å². The van der Waals surface area contributed by atoms with Gasteiger partial charge in [-0.2, -0.15) is 0 Å². The molecule has 3 aromatic rings. The Kier molecular flexibility index (Phi) is 7.14. The Balaban J connectivity index is 1.12. The first-order valence-electron chi connectivity index (χ1n) is 14.0. The summed E-state index contributed by atoms with van der Waals surface area (Å²) in [7, 11) is 0. The predicted octanol–water partition coefficient (Wildman–Crippen LogP) is 5.76. The van der Waals surface area contributed by atoms with Gasteiger partial charge in [0.1, 0.15) is 0 Å². The molecule has 3 aliphatic rings.